The van der Waals surface area contributed by atoms with Crippen LogP contribution in [0.25, 0.3) is 0 Å². The molecule has 0 atom stereocenters. The van der Waals surface area contributed by atoms with Crippen molar-refractivity contribution in [1.82, 2.24) is 14.9 Å². The van der Waals surface area contributed by atoms with Crippen LogP contribution in [0.4, 0.5) is 11.5 Å². The van der Waals surface area contributed by atoms with E-state index in [1.54, 1.807) is 11.0 Å². The number of aryl methyl sites for hydroxylation is 2. The number of hydrogen-bond acceptors (Lipinski definition) is 4. The van der Waals surface area contributed by atoms with Crippen LogP contribution < -0.4 is 5.32 Å². The number of aromatic nitrogens is 2. The molecule has 0 unspecified atom stereocenters. The summed E-state index contributed by atoms with van der Waals surface area (Å²) in [5, 5.41) is 3.34. The van der Waals surface area contributed by atoms with Crippen molar-refractivity contribution >= 4 is 17.4 Å². The van der Waals surface area contributed by atoms with Crippen molar-refractivity contribution in [3.63, 3.8) is 0 Å². The molecular weight excluding hydrogens is 288 g/mol. The fourth-order valence-electron chi connectivity index (χ4n) is 2.55. The lowest BCUT2D eigenvalue weighted by atomic mass is 10.1. The van der Waals surface area contributed by atoms with Gasteiger partial charge in [-0.2, -0.15) is 0 Å². The predicted molar refractivity (Wildman–Crippen MR) is 93.1 cm³/mol. The molecule has 0 aliphatic carbocycles. The van der Waals surface area contributed by atoms with E-state index in [2.05, 4.69) is 47.3 Å². The van der Waals surface area contributed by atoms with Gasteiger partial charge < -0.3 is 10.2 Å². The molecule has 0 aliphatic heterocycles. The zero-order valence-electron chi connectivity index (χ0n) is 14.3. The van der Waals surface area contributed by atoms with E-state index in [1.807, 2.05) is 13.8 Å². The van der Waals surface area contributed by atoms with Gasteiger partial charge in [0.15, 0.2) is 0 Å². The lowest BCUT2D eigenvalue weighted by Crippen LogP contribution is -2.31. The molecule has 0 bridgehead atoms. The Morgan fingerprint density at radius 2 is 1.91 bits per heavy atom. The summed E-state index contributed by atoms with van der Waals surface area (Å²) < 4.78 is 0. The van der Waals surface area contributed by atoms with Gasteiger partial charge in [0.2, 0.25) is 0 Å². The number of anilines is 2. The van der Waals surface area contributed by atoms with Gasteiger partial charge in [0.1, 0.15) is 17.8 Å². The third kappa shape index (κ3) is 3.86. The van der Waals surface area contributed by atoms with E-state index in [0.29, 0.717) is 24.6 Å². The van der Waals surface area contributed by atoms with E-state index in [0.717, 1.165) is 17.7 Å². The van der Waals surface area contributed by atoms with Gasteiger partial charge in [-0.1, -0.05) is 25.1 Å². The fourth-order valence-corrected chi connectivity index (χ4v) is 2.55. The van der Waals surface area contributed by atoms with Crippen LogP contribution in [0.5, 0.6) is 0 Å². The topological polar surface area (TPSA) is 58.1 Å². The minimum absolute atomic E-state index is 0.0686. The molecule has 23 heavy (non-hydrogen) atoms. The summed E-state index contributed by atoms with van der Waals surface area (Å²) in [6, 6.07) is 7.92. The van der Waals surface area contributed by atoms with Crippen molar-refractivity contribution in [2.24, 2.45) is 0 Å². The molecule has 0 saturated carbocycles. The van der Waals surface area contributed by atoms with Crippen molar-refractivity contribution < 1.29 is 4.79 Å². The van der Waals surface area contributed by atoms with Gasteiger partial charge >= 0.3 is 0 Å². The molecule has 1 amide bonds. The van der Waals surface area contributed by atoms with Gasteiger partial charge in [-0.3, -0.25) is 4.79 Å². The van der Waals surface area contributed by atoms with Gasteiger partial charge in [-0.05, 0) is 38.3 Å². The smallest absolute Gasteiger partial charge is 0.272 e. The van der Waals surface area contributed by atoms with Gasteiger partial charge in [-0.15, -0.1) is 0 Å². The second kappa shape index (κ2) is 7.72. The van der Waals surface area contributed by atoms with Crippen molar-refractivity contribution in [3.05, 3.63) is 47.4 Å². The number of para-hydroxylation sites is 1. The number of benzene rings is 1. The number of hydrogen-bond donors (Lipinski definition) is 1. The Balaban J connectivity index is 2.29. The summed E-state index contributed by atoms with van der Waals surface area (Å²) in [5.74, 6) is 0.570. The van der Waals surface area contributed by atoms with Crippen molar-refractivity contribution in [2.45, 2.75) is 34.1 Å². The quantitative estimate of drug-likeness (QED) is 0.886. The van der Waals surface area contributed by atoms with Crippen molar-refractivity contribution in [2.75, 3.05) is 18.4 Å². The number of nitrogens with one attached hydrogen (secondary N) is 1. The van der Waals surface area contributed by atoms with Crippen LogP contribution >= 0.6 is 0 Å². The number of amides is 1. The zero-order valence-corrected chi connectivity index (χ0v) is 14.3. The monoisotopic (exact) mass is 312 g/mol. The molecule has 1 aromatic carbocycles. The molecule has 0 aliphatic rings. The maximum absolute atomic E-state index is 12.4. The molecule has 5 nitrogen and oxygen atoms in total. The Morgan fingerprint density at radius 3 is 2.57 bits per heavy atom. The number of rotatable bonds is 6. The van der Waals surface area contributed by atoms with E-state index in [1.165, 1.54) is 11.9 Å². The van der Waals surface area contributed by atoms with E-state index in [-0.39, 0.29) is 5.91 Å². The van der Waals surface area contributed by atoms with Crippen LogP contribution in [-0.2, 0) is 6.42 Å². The molecule has 1 aromatic heterocycles. The highest BCUT2D eigenvalue weighted by Crippen LogP contribution is 2.24. The standard InChI is InChI=1S/C18H24N4O/c1-5-14-10-8-9-13(4)17(14)21-16-11-15(19-12-20-16)18(23)22(6-2)7-3/h8-12H,5-7H2,1-4H3,(H,19,20,21). The normalized spacial score (nSPS) is 10.4. The second-order valence-corrected chi connectivity index (χ2v) is 5.35. The van der Waals surface area contributed by atoms with Gasteiger partial charge in [0.25, 0.3) is 5.91 Å². The molecule has 0 spiro atoms. The van der Waals surface area contributed by atoms with Crippen LogP contribution in [-0.4, -0.2) is 33.9 Å². The molecule has 5 heteroatoms. The Hall–Kier alpha value is -2.43. The zero-order chi connectivity index (χ0) is 16.8. The van der Waals surface area contributed by atoms with Crippen LogP contribution in [0.3, 0.4) is 0 Å². The third-order valence-corrected chi connectivity index (χ3v) is 3.93. The molecule has 1 heterocycles. The molecule has 0 radical (unpaired) electrons. The summed E-state index contributed by atoms with van der Waals surface area (Å²) in [4.78, 5) is 22.5. The van der Waals surface area contributed by atoms with Gasteiger partial charge in [-0.25, -0.2) is 9.97 Å². The van der Waals surface area contributed by atoms with E-state index < -0.39 is 0 Å². The Bertz CT molecular complexity index is 680. The van der Waals surface area contributed by atoms with Crippen molar-refractivity contribution in [3.8, 4) is 0 Å². The summed E-state index contributed by atoms with van der Waals surface area (Å²) >= 11 is 0. The number of carbonyl (C=O) groups is 1. The first-order chi connectivity index (χ1) is 11.1. The summed E-state index contributed by atoms with van der Waals surface area (Å²) in [5.41, 5.74) is 3.84. The Labute approximate surface area is 137 Å². The second-order valence-electron chi connectivity index (χ2n) is 5.35. The molecule has 0 saturated heterocycles. The highest BCUT2D eigenvalue weighted by Gasteiger charge is 2.15. The van der Waals surface area contributed by atoms with E-state index in [9.17, 15) is 4.79 Å². The highest BCUT2D eigenvalue weighted by molar-refractivity contribution is 5.93. The first kappa shape index (κ1) is 16.9. The Morgan fingerprint density at radius 1 is 1.17 bits per heavy atom. The van der Waals surface area contributed by atoms with E-state index in [4.69, 9.17) is 0 Å². The maximum atomic E-state index is 12.4. The summed E-state index contributed by atoms with van der Waals surface area (Å²) in [6.45, 7) is 9.44. The SMILES string of the molecule is CCc1cccc(C)c1Nc1cc(C(=O)N(CC)CC)ncn1. The highest BCUT2D eigenvalue weighted by atomic mass is 16.2. The number of carbonyl (C=O) groups excluding carboxylic acids is 1. The molecule has 2 aromatic rings. The van der Waals surface area contributed by atoms with Gasteiger partial charge in [0, 0.05) is 24.8 Å². The molecule has 2 rings (SSSR count). The predicted octanol–water partition coefficient (Wildman–Crippen LogP) is 3.57. The van der Waals surface area contributed by atoms with Crippen LogP contribution in [0.15, 0.2) is 30.6 Å². The Kier molecular flexibility index (Phi) is 5.68. The first-order valence-corrected chi connectivity index (χ1v) is 8.07. The molecule has 0 fully saturated rings. The number of nitrogens with zero attached hydrogens (tertiary/aromatic N) is 3. The average molecular weight is 312 g/mol. The summed E-state index contributed by atoms with van der Waals surface area (Å²) in [7, 11) is 0. The van der Waals surface area contributed by atoms with Crippen molar-refractivity contribution in [1.29, 1.82) is 0 Å². The van der Waals surface area contributed by atoms with Crippen LogP contribution in [0, 0.1) is 6.92 Å². The molecule has 122 valence electrons. The summed E-state index contributed by atoms with van der Waals surface area (Å²) in [6.07, 6.45) is 2.36. The molecular formula is C18H24N4O. The minimum Gasteiger partial charge on any atom is -0.340 e. The first-order valence-electron chi connectivity index (χ1n) is 8.07. The third-order valence-electron chi connectivity index (χ3n) is 3.93. The lowest BCUT2D eigenvalue weighted by molar-refractivity contribution is 0.0767. The van der Waals surface area contributed by atoms with Crippen LogP contribution in [0.2, 0.25) is 0 Å². The largest absolute Gasteiger partial charge is 0.340 e. The lowest BCUT2D eigenvalue weighted by Gasteiger charge is -2.18. The van der Waals surface area contributed by atoms with E-state index >= 15 is 0 Å². The molecule has 1 N–H and O–H groups in total. The average Bonchev–Trinajstić information content (AvgIpc) is 2.58. The van der Waals surface area contributed by atoms with Crippen LogP contribution in [0.1, 0.15) is 42.4 Å². The van der Waals surface area contributed by atoms with Gasteiger partial charge in [0.05, 0.1) is 0 Å². The fraction of sp³-hybridized carbons (Fsp3) is 0.389. The maximum Gasteiger partial charge on any atom is 0.272 e. The minimum atomic E-state index is -0.0686.